The lowest BCUT2D eigenvalue weighted by Gasteiger charge is -2.08. The minimum Gasteiger partial charge on any atom is -0.389 e. The minimum atomic E-state index is -0.506. The Balaban J connectivity index is 2.69. The Morgan fingerprint density at radius 3 is 2.87 bits per heavy atom. The van der Waals surface area contributed by atoms with Crippen molar-refractivity contribution in [2.75, 3.05) is 5.32 Å². The van der Waals surface area contributed by atoms with Crippen LogP contribution in [0.25, 0.3) is 0 Å². The number of carbonyl (C=O) groups excluding carboxylic acids is 1. The van der Waals surface area contributed by atoms with Gasteiger partial charge in [0.05, 0.1) is 6.10 Å². The largest absolute Gasteiger partial charge is 0.389 e. The summed E-state index contributed by atoms with van der Waals surface area (Å²) in [7, 11) is 0. The zero-order valence-electron chi connectivity index (χ0n) is 9.16. The molecule has 0 aromatic heterocycles. The van der Waals surface area contributed by atoms with Crippen LogP contribution in [0.3, 0.4) is 0 Å². The van der Waals surface area contributed by atoms with Crippen molar-refractivity contribution >= 4 is 11.6 Å². The molecular weight excluding hydrogens is 190 g/mol. The van der Waals surface area contributed by atoms with Gasteiger partial charge in [-0.3, -0.25) is 4.79 Å². The summed E-state index contributed by atoms with van der Waals surface area (Å²) in [5.74, 6) is 0.0141. The third kappa shape index (κ3) is 3.72. The standard InChI is InChI=1S/C12H17NO2/c1-3-5-12(15)13-11-7-4-6-10(8-11)9(2)14/h4,6-9,14H,3,5H2,1-2H3,(H,13,15)/t9-/m0/s1. The first-order valence-electron chi connectivity index (χ1n) is 5.21. The topological polar surface area (TPSA) is 49.3 Å². The van der Waals surface area contributed by atoms with Crippen molar-refractivity contribution in [1.82, 2.24) is 0 Å². The molecule has 1 aromatic rings. The Labute approximate surface area is 90.1 Å². The van der Waals surface area contributed by atoms with Crippen LogP contribution < -0.4 is 5.32 Å². The number of anilines is 1. The molecule has 0 bridgehead atoms. The highest BCUT2D eigenvalue weighted by Gasteiger charge is 2.03. The summed E-state index contributed by atoms with van der Waals surface area (Å²) in [5, 5.41) is 12.2. The molecule has 1 rings (SSSR count). The van der Waals surface area contributed by atoms with Gasteiger partial charge in [-0.2, -0.15) is 0 Å². The maximum Gasteiger partial charge on any atom is 0.224 e. The number of amides is 1. The molecule has 1 aromatic carbocycles. The van der Waals surface area contributed by atoms with E-state index < -0.39 is 6.10 Å². The number of aliphatic hydroxyl groups excluding tert-OH is 1. The molecule has 0 radical (unpaired) electrons. The fraction of sp³-hybridized carbons (Fsp3) is 0.417. The zero-order chi connectivity index (χ0) is 11.3. The molecule has 1 atom stereocenters. The molecule has 15 heavy (non-hydrogen) atoms. The van der Waals surface area contributed by atoms with E-state index in [1.54, 1.807) is 13.0 Å². The third-order valence-corrected chi connectivity index (χ3v) is 2.13. The maximum absolute atomic E-state index is 11.3. The Morgan fingerprint density at radius 2 is 2.27 bits per heavy atom. The van der Waals surface area contributed by atoms with Crippen LogP contribution in [0, 0.1) is 0 Å². The van der Waals surface area contributed by atoms with Crippen molar-refractivity contribution in [3.8, 4) is 0 Å². The number of nitrogens with one attached hydrogen (secondary N) is 1. The highest BCUT2D eigenvalue weighted by Crippen LogP contribution is 2.17. The number of hydrogen-bond donors (Lipinski definition) is 2. The van der Waals surface area contributed by atoms with Crippen molar-refractivity contribution in [3.05, 3.63) is 29.8 Å². The molecule has 2 N–H and O–H groups in total. The first-order valence-corrected chi connectivity index (χ1v) is 5.21. The Morgan fingerprint density at radius 1 is 1.53 bits per heavy atom. The highest BCUT2D eigenvalue weighted by atomic mass is 16.3. The molecule has 1 amide bonds. The van der Waals surface area contributed by atoms with Crippen molar-refractivity contribution in [2.24, 2.45) is 0 Å². The van der Waals surface area contributed by atoms with Gasteiger partial charge >= 0.3 is 0 Å². The summed E-state index contributed by atoms with van der Waals surface area (Å²) in [5.41, 5.74) is 1.55. The number of aliphatic hydroxyl groups is 1. The lowest BCUT2D eigenvalue weighted by Crippen LogP contribution is -2.10. The van der Waals surface area contributed by atoms with Crippen molar-refractivity contribution in [3.63, 3.8) is 0 Å². The third-order valence-electron chi connectivity index (χ3n) is 2.13. The van der Waals surface area contributed by atoms with Crippen LogP contribution in [-0.2, 0) is 4.79 Å². The Hall–Kier alpha value is -1.35. The van der Waals surface area contributed by atoms with Crippen LogP contribution >= 0.6 is 0 Å². The lowest BCUT2D eigenvalue weighted by molar-refractivity contribution is -0.116. The minimum absolute atomic E-state index is 0.0141. The molecular formula is C12H17NO2. The molecule has 0 aliphatic heterocycles. The predicted octanol–water partition coefficient (Wildman–Crippen LogP) is 2.48. The molecule has 3 heteroatoms. The first kappa shape index (κ1) is 11.7. The van der Waals surface area contributed by atoms with Gasteiger partial charge in [0.2, 0.25) is 5.91 Å². The molecule has 0 saturated heterocycles. The van der Waals surface area contributed by atoms with E-state index in [1.165, 1.54) is 0 Å². The van der Waals surface area contributed by atoms with Crippen LogP contribution in [0.4, 0.5) is 5.69 Å². The molecule has 0 heterocycles. The molecule has 0 aliphatic carbocycles. The van der Waals surface area contributed by atoms with Gasteiger partial charge in [0, 0.05) is 12.1 Å². The van der Waals surface area contributed by atoms with E-state index in [1.807, 2.05) is 25.1 Å². The quantitative estimate of drug-likeness (QED) is 0.796. The molecule has 0 unspecified atom stereocenters. The Kier molecular flexibility index (Phi) is 4.31. The van der Waals surface area contributed by atoms with Gasteiger partial charge < -0.3 is 10.4 Å². The second-order valence-electron chi connectivity index (χ2n) is 3.60. The maximum atomic E-state index is 11.3. The summed E-state index contributed by atoms with van der Waals surface area (Å²) >= 11 is 0. The molecule has 0 saturated carbocycles. The highest BCUT2D eigenvalue weighted by molar-refractivity contribution is 5.90. The summed E-state index contributed by atoms with van der Waals surface area (Å²) in [6.07, 6.45) is 0.855. The molecule has 82 valence electrons. The van der Waals surface area contributed by atoms with Gasteiger partial charge in [-0.1, -0.05) is 19.1 Å². The van der Waals surface area contributed by atoms with Crippen molar-refractivity contribution in [1.29, 1.82) is 0 Å². The van der Waals surface area contributed by atoms with E-state index in [0.717, 1.165) is 17.7 Å². The SMILES string of the molecule is CCCC(=O)Nc1cccc([C@H](C)O)c1. The first-order chi connectivity index (χ1) is 7.13. The Bertz CT molecular complexity index is 334. The van der Waals surface area contributed by atoms with Crippen molar-refractivity contribution in [2.45, 2.75) is 32.8 Å². The second-order valence-corrected chi connectivity index (χ2v) is 3.60. The van der Waals surface area contributed by atoms with Crippen LogP contribution in [-0.4, -0.2) is 11.0 Å². The van der Waals surface area contributed by atoms with Gasteiger partial charge in [0.1, 0.15) is 0 Å². The van der Waals surface area contributed by atoms with E-state index in [9.17, 15) is 9.90 Å². The van der Waals surface area contributed by atoms with Crippen LogP contribution in [0.15, 0.2) is 24.3 Å². The van der Waals surface area contributed by atoms with Crippen molar-refractivity contribution < 1.29 is 9.90 Å². The van der Waals surface area contributed by atoms with Crippen LogP contribution in [0.2, 0.25) is 0 Å². The molecule has 0 fully saturated rings. The fourth-order valence-corrected chi connectivity index (χ4v) is 1.33. The normalized spacial score (nSPS) is 12.2. The average molecular weight is 207 g/mol. The van der Waals surface area contributed by atoms with Gasteiger partial charge in [-0.15, -0.1) is 0 Å². The van der Waals surface area contributed by atoms with Gasteiger partial charge in [0.15, 0.2) is 0 Å². The van der Waals surface area contributed by atoms with E-state index in [4.69, 9.17) is 0 Å². The average Bonchev–Trinajstić information content (AvgIpc) is 2.18. The van der Waals surface area contributed by atoms with E-state index in [0.29, 0.717) is 6.42 Å². The molecule has 0 aliphatic rings. The smallest absolute Gasteiger partial charge is 0.224 e. The number of benzene rings is 1. The van der Waals surface area contributed by atoms with Crippen LogP contribution in [0.1, 0.15) is 38.4 Å². The second kappa shape index (κ2) is 5.51. The number of rotatable bonds is 4. The summed E-state index contributed by atoms with van der Waals surface area (Å²) < 4.78 is 0. The van der Waals surface area contributed by atoms with E-state index in [2.05, 4.69) is 5.32 Å². The van der Waals surface area contributed by atoms with Gasteiger partial charge in [-0.25, -0.2) is 0 Å². The molecule has 0 spiro atoms. The lowest BCUT2D eigenvalue weighted by atomic mass is 10.1. The van der Waals surface area contributed by atoms with Crippen LogP contribution in [0.5, 0.6) is 0 Å². The monoisotopic (exact) mass is 207 g/mol. The van der Waals surface area contributed by atoms with Gasteiger partial charge in [-0.05, 0) is 31.0 Å². The van der Waals surface area contributed by atoms with Gasteiger partial charge in [0.25, 0.3) is 0 Å². The fourth-order valence-electron chi connectivity index (χ4n) is 1.33. The van der Waals surface area contributed by atoms with E-state index in [-0.39, 0.29) is 5.91 Å². The van der Waals surface area contributed by atoms with E-state index >= 15 is 0 Å². The molecule has 3 nitrogen and oxygen atoms in total. The zero-order valence-corrected chi connectivity index (χ0v) is 9.16. The summed E-state index contributed by atoms with van der Waals surface area (Å²) in [4.78, 5) is 11.3. The number of carbonyl (C=O) groups is 1. The number of hydrogen-bond acceptors (Lipinski definition) is 2. The summed E-state index contributed by atoms with van der Waals surface area (Å²) in [6.45, 7) is 3.67. The summed E-state index contributed by atoms with van der Waals surface area (Å²) in [6, 6.07) is 7.27. The predicted molar refractivity (Wildman–Crippen MR) is 60.6 cm³/mol.